The third-order valence-corrected chi connectivity index (χ3v) is 5.44. The maximum absolute atomic E-state index is 13.1. The standard InChI is InChI=1S/C22H21F5N4O3/c1-33-16-8-13(9-17(34-21(23)24)19(16)20(32)29-12-22(25,26)27)15-11-28-18-10-14(4-7-31(15)18)30-5-2-3-6-30/h4,7-11,21H,2-3,5-6,12H2,1H3,(H,29,32). The van der Waals surface area contributed by atoms with Crippen molar-refractivity contribution in [3.05, 3.63) is 42.2 Å². The average Bonchev–Trinajstić information content (AvgIpc) is 3.45. The van der Waals surface area contributed by atoms with Crippen molar-refractivity contribution in [2.75, 3.05) is 31.6 Å². The molecule has 0 atom stereocenters. The molecule has 0 radical (unpaired) electrons. The van der Waals surface area contributed by atoms with Gasteiger partial charge in [-0.25, -0.2) is 4.98 Å². The second-order valence-electron chi connectivity index (χ2n) is 7.68. The Morgan fingerprint density at radius 3 is 2.53 bits per heavy atom. The van der Waals surface area contributed by atoms with Crippen LogP contribution in [0.4, 0.5) is 27.6 Å². The molecule has 0 unspecified atom stereocenters. The number of imidazole rings is 1. The number of ether oxygens (including phenoxy) is 2. The predicted molar refractivity (Wildman–Crippen MR) is 114 cm³/mol. The van der Waals surface area contributed by atoms with E-state index in [1.54, 1.807) is 15.9 Å². The molecule has 1 saturated heterocycles. The highest BCUT2D eigenvalue weighted by molar-refractivity contribution is 6.00. The third kappa shape index (κ3) is 5.00. The topological polar surface area (TPSA) is 68.1 Å². The highest BCUT2D eigenvalue weighted by Crippen LogP contribution is 2.37. The zero-order chi connectivity index (χ0) is 24.5. The fourth-order valence-electron chi connectivity index (χ4n) is 3.94. The van der Waals surface area contributed by atoms with Crippen molar-refractivity contribution in [3.63, 3.8) is 0 Å². The number of alkyl halides is 5. The van der Waals surface area contributed by atoms with E-state index in [0.717, 1.165) is 37.7 Å². The van der Waals surface area contributed by atoms with Crippen LogP contribution in [0.1, 0.15) is 23.2 Å². The van der Waals surface area contributed by atoms with E-state index in [-0.39, 0.29) is 5.75 Å². The van der Waals surface area contributed by atoms with Gasteiger partial charge in [0, 0.05) is 36.6 Å². The molecule has 12 heteroatoms. The van der Waals surface area contributed by atoms with Crippen LogP contribution in [0.3, 0.4) is 0 Å². The highest BCUT2D eigenvalue weighted by Gasteiger charge is 2.30. The van der Waals surface area contributed by atoms with E-state index < -0.39 is 36.6 Å². The highest BCUT2D eigenvalue weighted by atomic mass is 19.4. The van der Waals surface area contributed by atoms with Gasteiger partial charge in [-0.05, 0) is 31.0 Å². The molecule has 3 aromatic rings. The van der Waals surface area contributed by atoms with E-state index in [9.17, 15) is 26.7 Å². The molecule has 1 aliphatic rings. The molecule has 3 heterocycles. The largest absolute Gasteiger partial charge is 0.496 e. The summed E-state index contributed by atoms with van der Waals surface area (Å²) in [5, 5.41) is 1.65. The number of nitrogens with zero attached hydrogens (tertiary/aromatic N) is 3. The lowest BCUT2D eigenvalue weighted by Gasteiger charge is -2.18. The molecule has 0 aliphatic carbocycles. The maximum atomic E-state index is 13.1. The number of methoxy groups -OCH3 is 1. The molecule has 4 rings (SSSR count). The number of hydrogen-bond acceptors (Lipinski definition) is 5. The van der Waals surface area contributed by atoms with Crippen LogP contribution >= 0.6 is 0 Å². The van der Waals surface area contributed by atoms with E-state index in [1.807, 2.05) is 12.1 Å². The number of anilines is 1. The number of nitrogens with one attached hydrogen (secondary N) is 1. The molecule has 1 aliphatic heterocycles. The molecule has 0 spiro atoms. The smallest absolute Gasteiger partial charge is 0.405 e. The number of amides is 1. The van der Waals surface area contributed by atoms with Crippen molar-refractivity contribution in [1.29, 1.82) is 0 Å². The van der Waals surface area contributed by atoms with Crippen molar-refractivity contribution in [1.82, 2.24) is 14.7 Å². The quantitative estimate of drug-likeness (QED) is 0.500. The minimum Gasteiger partial charge on any atom is -0.496 e. The van der Waals surface area contributed by atoms with Gasteiger partial charge < -0.3 is 19.7 Å². The van der Waals surface area contributed by atoms with Crippen molar-refractivity contribution in [3.8, 4) is 22.8 Å². The first-order valence-electron chi connectivity index (χ1n) is 10.4. The number of fused-ring (bicyclic) bond motifs is 1. The summed E-state index contributed by atoms with van der Waals surface area (Å²) in [5.74, 6) is -2.10. The first-order valence-corrected chi connectivity index (χ1v) is 10.4. The van der Waals surface area contributed by atoms with Gasteiger partial charge in [-0.15, -0.1) is 0 Å². The number of halogens is 5. The van der Waals surface area contributed by atoms with Crippen LogP contribution in [0.2, 0.25) is 0 Å². The fourth-order valence-corrected chi connectivity index (χ4v) is 3.94. The van der Waals surface area contributed by atoms with Crippen molar-refractivity contribution in [2.45, 2.75) is 25.6 Å². The molecule has 1 fully saturated rings. The molecule has 0 bridgehead atoms. The zero-order valence-electron chi connectivity index (χ0n) is 18.0. The van der Waals surface area contributed by atoms with Gasteiger partial charge in [0.05, 0.1) is 19.0 Å². The zero-order valence-corrected chi connectivity index (χ0v) is 18.0. The maximum Gasteiger partial charge on any atom is 0.405 e. The minimum atomic E-state index is -4.68. The Morgan fingerprint density at radius 2 is 1.88 bits per heavy atom. The summed E-state index contributed by atoms with van der Waals surface area (Å²) in [7, 11) is 1.17. The van der Waals surface area contributed by atoms with Gasteiger partial charge in [-0.2, -0.15) is 22.0 Å². The summed E-state index contributed by atoms with van der Waals surface area (Å²) in [4.78, 5) is 19.0. The SMILES string of the molecule is COc1cc(-c2cnc3cc(N4CCCC4)ccn23)cc(OC(F)F)c1C(=O)NCC(F)(F)F. The number of carbonyl (C=O) groups is 1. The third-order valence-electron chi connectivity index (χ3n) is 5.44. The summed E-state index contributed by atoms with van der Waals surface area (Å²) in [6, 6.07) is 6.32. The van der Waals surface area contributed by atoms with Crippen molar-refractivity contribution >= 4 is 17.2 Å². The lowest BCUT2D eigenvalue weighted by atomic mass is 10.1. The van der Waals surface area contributed by atoms with Gasteiger partial charge in [0.15, 0.2) is 0 Å². The first kappa shape index (κ1) is 23.6. The monoisotopic (exact) mass is 484 g/mol. The van der Waals surface area contributed by atoms with E-state index in [2.05, 4.69) is 14.6 Å². The van der Waals surface area contributed by atoms with Crippen LogP contribution in [-0.2, 0) is 0 Å². The van der Waals surface area contributed by atoms with Crippen molar-refractivity contribution in [2.24, 2.45) is 0 Å². The number of hydrogen-bond donors (Lipinski definition) is 1. The number of carbonyl (C=O) groups excluding carboxylic acids is 1. The number of aromatic nitrogens is 2. The fraction of sp³-hybridized carbons (Fsp3) is 0.364. The Balaban J connectivity index is 1.75. The first-order chi connectivity index (χ1) is 16.2. The van der Waals surface area contributed by atoms with E-state index >= 15 is 0 Å². The van der Waals surface area contributed by atoms with Crippen LogP contribution in [0.5, 0.6) is 11.5 Å². The predicted octanol–water partition coefficient (Wildman–Crippen LogP) is 4.50. The second kappa shape index (κ2) is 9.35. The summed E-state index contributed by atoms with van der Waals surface area (Å²) in [5.41, 5.74) is 1.87. The molecule has 1 aromatic carbocycles. The molecule has 182 valence electrons. The summed E-state index contributed by atoms with van der Waals surface area (Å²) < 4.78 is 75.2. The Morgan fingerprint density at radius 1 is 1.18 bits per heavy atom. The average molecular weight is 484 g/mol. The molecule has 34 heavy (non-hydrogen) atoms. The Hall–Kier alpha value is -3.57. The van der Waals surface area contributed by atoms with Gasteiger partial charge in [0.25, 0.3) is 5.91 Å². The number of pyridine rings is 1. The molecular formula is C22H21F5N4O3. The van der Waals surface area contributed by atoms with Crippen LogP contribution in [0, 0.1) is 0 Å². The van der Waals surface area contributed by atoms with Crippen LogP contribution in [0.25, 0.3) is 16.9 Å². The lowest BCUT2D eigenvalue weighted by Crippen LogP contribution is -2.34. The van der Waals surface area contributed by atoms with Crippen molar-refractivity contribution < 1.29 is 36.2 Å². The molecule has 2 aromatic heterocycles. The molecule has 1 N–H and O–H groups in total. The Labute approximate surface area is 191 Å². The summed E-state index contributed by atoms with van der Waals surface area (Å²) in [6.07, 6.45) is 0.848. The number of benzene rings is 1. The van der Waals surface area contributed by atoms with Crippen LogP contribution in [0.15, 0.2) is 36.7 Å². The normalized spacial score (nSPS) is 14.1. The lowest BCUT2D eigenvalue weighted by molar-refractivity contribution is -0.123. The van der Waals surface area contributed by atoms with Gasteiger partial charge in [0.2, 0.25) is 0 Å². The van der Waals surface area contributed by atoms with Gasteiger partial charge >= 0.3 is 12.8 Å². The van der Waals surface area contributed by atoms with Gasteiger partial charge in [-0.3, -0.25) is 9.20 Å². The van der Waals surface area contributed by atoms with Crippen LogP contribution < -0.4 is 19.7 Å². The Bertz CT molecular complexity index is 1190. The molecular weight excluding hydrogens is 463 g/mol. The van der Waals surface area contributed by atoms with E-state index in [0.29, 0.717) is 16.9 Å². The molecule has 7 nitrogen and oxygen atoms in total. The Kier molecular flexibility index (Phi) is 6.49. The van der Waals surface area contributed by atoms with E-state index in [4.69, 9.17) is 4.74 Å². The second-order valence-corrected chi connectivity index (χ2v) is 7.68. The molecule has 1 amide bonds. The van der Waals surface area contributed by atoms with Gasteiger partial charge in [0.1, 0.15) is 29.3 Å². The summed E-state index contributed by atoms with van der Waals surface area (Å²) in [6.45, 7) is -3.06. The number of rotatable bonds is 7. The minimum absolute atomic E-state index is 0.225. The van der Waals surface area contributed by atoms with Crippen LogP contribution in [-0.4, -0.2) is 54.8 Å². The molecule has 0 saturated carbocycles. The van der Waals surface area contributed by atoms with E-state index in [1.165, 1.54) is 19.4 Å². The van der Waals surface area contributed by atoms with Gasteiger partial charge in [-0.1, -0.05) is 0 Å². The summed E-state index contributed by atoms with van der Waals surface area (Å²) >= 11 is 0.